The maximum Gasteiger partial charge on any atom is 0.417 e. The number of hydrogen-bond donors (Lipinski definition) is 1. The average molecular weight is 462 g/mol. The highest BCUT2D eigenvalue weighted by atomic mass is 19.4. The summed E-state index contributed by atoms with van der Waals surface area (Å²) in [7, 11) is 0. The Morgan fingerprint density at radius 1 is 1.21 bits per heavy atom. The Bertz CT molecular complexity index is 1160. The van der Waals surface area contributed by atoms with Gasteiger partial charge in [0.1, 0.15) is 5.82 Å². The average Bonchev–Trinajstić information content (AvgIpc) is 2.77. The fourth-order valence-corrected chi connectivity index (χ4v) is 2.97. The van der Waals surface area contributed by atoms with Gasteiger partial charge in [0.05, 0.1) is 28.7 Å². The highest BCUT2D eigenvalue weighted by Crippen LogP contribution is 2.32. The SMILES string of the molecule is C=C/C(=C\C=C1/OC(c2ccc(F)nc2)=NC=C1N)CC(C)c1ncc(C(F)(F)F)cc1F. The normalized spacial score (nSPS) is 16.7. The molecule has 2 aromatic heterocycles. The van der Waals surface area contributed by atoms with Gasteiger partial charge in [-0.1, -0.05) is 25.7 Å². The van der Waals surface area contributed by atoms with Crippen LogP contribution in [0.4, 0.5) is 22.0 Å². The summed E-state index contributed by atoms with van der Waals surface area (Å²) in [5.41, 5.74) is 5.99. The zero-order chi connectivity index (χ0) is 24.2. The molecule has 0 saturated carbocycles. The fraction of sp³-hybridized carbons (Fsp3) is 0.174. The molecule has 0 aromatic carbocycles. The van der Waals surface area contributed by atoms with Crippen molar-refractivity contribution in [1.82, 2.24) is 9.97 Å². The second kappa shape index (κ2) is 9.76. The van der Waals surface area contributed by atoms with Crippen LogP contribution in [0, 0.1) is 11.8 Å². The second-order valence-corrected chi connectivity index (χ2v) is 7.16. The molecule has 3 rings (SSSR count). The Hall–Kier alpha value is -3.82. The first-order valence-corrected chi connectivity index (χ1v) is 9.68. The van der Waals surface area contributed by atoms with E-state index >= 15 is 0 Å². The number of alkyl halides is 3. The van der Waals surface area contributed by atoms with Crippen molar-refractivity contribution in [2.75, 3.05) is 0 Å². The fourth-order valence-electron chi connectivity index (χ4n) is 2.97. The topological polar surface area (TPSA) is 73.4 Å². The van der Waals surface area contributed by atoms with E-state index in [2.05, 4.69) is 21.5 Å². The summed E-state index contributed by atoms with van der Waals surface area (Å²) in [6, 6.07) is 3.05. The van der Waals surface area contributed by atoms with Crippen LogP contribution in [0.5, 0.6) is 0 Å². The number of nitrogens with zero attached hydrogens (tertiary/aromatic N) is 3. The largest absolute Gasteiger partial charge is 0.436 e. The lowest BCUT2D eigenvalue weighted by atomic mass is 9.96. The van der Waals surface area contributed by atoms with Gasteiger partial charge in [0, 0.05) is 18.3 Å². The Labute approximate surface area is 186 Å². The number of ether oxygens (including phenoxy) is 1. The minimum Gasteiger partial charge on any atom is -0.436 e. The van der Waals surface area contributed by atoms with Gasteiger partial charge in [0.15, 0.2) is 5.76 Å². The van der Waals surface area contributed by atoms with Crippen LogP contribution in [0.3, 0.4) is 0 Å². The number of nitrogens with two attached hydrogens (primary N) is 1. The van der Waals surface area contributed by atoms with Crippen LogP contribution >= 0.6 is 0 Å². The highest BCUT2D eigenvalue weighted by molar-refractivity contribution is 5.95. The van der Waals surface area contributed by atoms with Crippen LogP contribution in [0.2, 0.25) is 0 Å². The number of rotatable bonds is 6. The Morgan fingerprint density at radius 2 is 1.97 bits per heavy atom. The molecule has 1 aliphatic rings. The summed E-state index contributed by atoms with van der Waals surface area (Å²) in [5.74, 6) is -1.78. The van der Waals surface area contributed by atoms with Crippen molar-refractivity contribution in [3.63, 3.8) is 0 Å². The molecule has 1 atom stereocenters. The molecule has 2 aromatic rings. The molecule has 33 heavy (non-hydrogen) atoms. The van der Waals surface area contributed by atoms with Gasteiger partial charge < -0.3 is 10.5 Å². The van der Waals surface area contributed by atoms with Crippen LogP contribution in [0.25, 0.3) is 0 Å². The van der Waals surface area contributed by atoms with Crippen LogP contribution < -0.4 is 5.73 Å². The van der Waals surface area contributed by atoms with Crippen molar-refractivity contribution in [2.45, 2.75) is 25.4 Å². The third kappa shape index (κ3) is 5.91. The van der Waals surface area contributed by atoms with Crippen molar-refractivity contribution < 1.29 is 26.7 Å². The van der Waals surface area contributed by atoms with Gasteiger partial charge in [-0.3, -0.25) is 4.98 Å². The molecule has 0 saturated heterocycles. The number of aromatic nitrogens is 2. The summed E-state index contributed by atoms with van der Waals surface area (Å²) in [6.07, 6.45) is 3.53. The molecule has 0 bridgehead atoms. The van der Waals surface area contributed by atoms with E-state index in [1.54, 1.807) is 19.1 Å². The predicted molar refractivity (Wildman–Crippen MR) is 113 cm³/mol. The summed E-state index contributed by atoms with van der Waals surface area (Å²) in [4.78, 5) is 11.3. The van der Waals surface area contributed by atoms with Gasteiger partial charge in [0.25, 0.3) is 0 Å². The minimum absolute atomic E-state index is 0.0880. The lowest BCUT2D eigenvalue weighted by Crippen LogP contribution is -2.15. The molecule has 10 heteroatoms. The second-order valence-electron chi connectivity index (χ2n) is 7.16. The van der Waals surface area contributed by atoms with E-state index in [0.29, 0.717) is 23.4 Å². The molecule has 2 N–H and O–H groups in total. The summed E-state index contributed by atoms with van der Waals surface area (Å²) in [5, 5.41) is 0. The first-order valence-electron chi connectivity index (χ1n) is 9.68. The van der Waals surface area contributed by atoms with E-state index in [1.807, 2.05) is 0 Å². The predicted octanol–water partition coefficient (Wildman–Crippen LogP) is 5.54. The van der Waals surface area contributed by atoms with Gasteiger partial charge in [-0.25, -0.2) is 14.4 Å². The molecule has 172 valence electrons. The lowest BCUT2D eigenvalue weighted by Gasteiger charge is -2.16. The standard InChI is InChI=1S/C23H19F5N4O/c1-3-14(8-13(2)21-17(24)9-16(11-31-21)23(26,27)28)4-6-19-18(29)12-32-22(33-19)15-5-7-20(25)30-10-15/h3-7,9-13H,1,8,29H2,2H3/b14-4+,19-6-. The maximum atomic E-state index is 14.2. The third-order valence-corrected chi connectivity index (χ3v) is 4.70. The summed E-state index contributed by atoms with van der Waals surface area (Å²) < 4.78 is 71.2. The molecule has 0 aliphatic carbocycles. The molecule has 0 fully saturated rings. The smallest absolute Gasteiger partial charge is 0.417 e. The number of halogens is 5. The Balaban J connectivity index is 1.76. The molecule has 0 radical (unpaired) electrons. The van der Waals surface area contributed by atoms with Gasteiger partial charge in [0.2, 0.25) is 11.8 Å². The van der Waals surface area contributed by atoms with Gasteiger partial charge in [-0.2, -0.15) is 17.6 Å². The first kappa shape index (κ1) is 23.8. The molecular weight excluding hydrogens is 443 g/mol. The van der Waals surface area contributed by atoms with Gasteiger partial charge in [-0.05, 0) is 36.3 Å². The van der Waals surface area contributed by atoms with Crippen molar-refractivity contribution in [3.05, 3.63) is 107 Å². The van der Waals surface area contributed by atoms with E-state index in [-0.39, 0.29) is 29.5 Å². The lowest BCUT2D eigenvalue weighted by molar-refractivity contribution is -0.138. The quantitative estimate of drug-likeness (QED) is 0.348. The highest BCUT2D eigenvalue weighted by Gasteiger charge is 2.32. The maximum absolute atomic E-state index is 14.2. The molecule has 3 heterocycles. The first-order chi connectivity index (χ1) is 15.6. The number of pyridine rings is 2. The summed E-state index contributed by atoms with van der Waals surface area (Å²) >= 11 is 0. The number of allylic oxidation sites excluding steroid dienone is 4. The summed E-state index contributed by atoms with van der Waals surface area (Å²) in [6.45, 7) is 5.36. The molecule has 0 amide bonds. The molecule has 1 aliphatic heterocycles. The van der Waals surface area contributed by atoms with Crippen LogP contribution in [-0.2, 0) is 10.9 Å². The zero-order valence-electron chi connectivity index (χ0n) is 17.4. The van der Waals surface area contributed by atoms with Crippen molar-refractivity contribution >= 4 is 5.90 Å². The van der Waals surface area contributed by atoms with E-state index < -0.39 is 29.4 Å². The number of aliphatic imine (C=N–C) groups is 1. The molecule has 5 nitrogen and oxygen atoms in total. The van der Waals surface area contributed by atoms with Crippen LogP contribution in [0.1, 0.15) is 36.1 Å². The third-order valence-electron chi connectivity index (χ3n) is 4.70. The Morgan fingerprint density at radius 3 is 2.58 bits per heavy atom. The molecule has 1 unspecified atom stereocenters. The van der Waals surface area contributed by atoms with Crippen molar-refractivity contribution in [1.29, 1.82) is 0 Å². The Kier molecular flexibility index (Phi) is 7.05. The monoisotopic (exact) mass is 462 g/mol. The van der Waals surface area contributed by atoms with Crippen LogP contribution in [-0.4, -0.2) is 15.9 Å². The van der Waals surface area contributed by atoms with Crippen molar-refractivity contribution in [2.24, 2.45) is 10.7 Å². The minimum atomic E-state index is -4.67. The van der Waals surface area contributed by atoms with E-state index in [1.165, 1.54) is 24.5 Å². The van der Waals surface area contributed by atoms with E-state index in [9.17, 15) is 22.0 Å². The van der Waals surface area contributed by atoms with Crippen molar-refractivity contribution in [3.8, 4) is 0 Å². The van der Waals surface area contributed by atoms with E-state index in [0.717, 1.165) is 6.07 Å². The molecular formula is C23H19F5N4O. The van der Waals surface area contributed by atoms with Gasteiger partial charge >= 0.3 is 6.18 Å². The van der Waals surface area contributed by atoms with Gasteiger partial charge in [-0.15, -0.1) is 0 Å². The molecule has 0 spiro atoms. The zero-order valence-corrected chi connectivity index (χ0v) is 17.4. The van der Waals surface area contributed by atoms with E-state index in [4.69, 9.17) is 10.5 Å². The number of hydrogen-bond acceptors (Lipinski definition) is 5. The van der Waals surface area contributed by atoms with Crippen LogP contribution in [0.15, 0.2) is 83.6 Å².